The molecule has 0 radical (unpaired) electrons. The standard InChI is InChI=1S/C14H15NO2/c1-17-14-8-12(6-7-13(14)16)11-4-2-10(9-15)3-5-11/h2-8,16H,9,15H2,1H3. The molecule has 0 aliphatic rings. The largest absolute Gasteiger partial charge is 0.504 e. The highest BCUT2D eigenvalue weighted by Gasteiger charge is 2.04. The molecule has 0 aliphatic heterocycles. The first-order chi connectivity index (χ1) is 8.24. The van der Waals surface area contributed by atoms with Gasteiger partial charge in [0.15, 0.2) is 11.5 Å². The second kappa shape index (κ2) is 4.89. The summed E-state index contributed by atoms with van der Waals surface area (Å²) in [6.45, 7) is 0.541. The van der Waals surface area contributed by atoms with Crippen LogP contribution in [-0.2, 0) is 6.54 Å². The van der Waals surface area contributed by atoms with Crippen molar-refractivity contribution in [3.63, 3.8) is 0 Å². The van der Waals surface area contributed by atoms with Gasteiger partial charge in [0.25, 0.3) is 0 Å². The van der Waals surface area contributed by atoms with Crippen LogP contribution in [0.5, 0.6) is 11.5 Å². The monoisotopic (exact) mass is 229 g/mol. The number of rotatable bonds is 3. The van der Waals surface area contributed by atoms with E-state index in [1.54, 1.807) is 6.07 Å². The summed E-state index contributed by atoms with van der Waals surface area (Å²) < 4.78 is 5.08. The van der Waals surface area contributed by atoms with Crippen molar-refractivity contribution in [3.05, 3.63) is 48.0 Å². The molecule has 0 heterocycles. The number of benzene rings is 2. The highest BCUT2D eigenvalue weighted by Crippen LogP contribution is 2.31. The van der Waals surface area contributed by atoms with Crippen LogP contribution in [0.15, 0.2) is 42.5 Å². The number of phenols is 1. The maximum Gasteiger partial charge on any atom is 0.161 e. The SMILES string of the molecule is COc1cc(-c2ccc(CN)cc2)ccc1O. The quantitative estimate of drug-likeness (QED) is 0.850. The van der Waals surface area contributed by atoms with Crippen molar-refractivity contribution in [2.75, 3.05) is 7.11 Å². The topological polar surface area (TPSA) is 55.5 Å². The lowest BCUT2D eigenvalue weighted by Crippen LogP contribution is -1.95. The minimum Gasteiger partial charge on any atom is -0.504 e. The van der Waals surface area contributed by atoms with Crippen molar-refractivity contribution in [1.82, 2.24) is 0 Å². The Hall–Kier alpha value is -2.00. The fraction of sp³-hybridized carbons (Fsp3) is 0.143. The Morgan fingerprint density at radius 3 is 2.29 bits per heavy atom. The van der Waals surface area contributed by atoms with Gasteiger partial charge in [-0.2, -0.15) is 0 Å². The Morgan fingerprint density at radius 2 is 1.71 bits per heavy atom. The predicted octanol–water partition coefficient (Wildman–Crippen LogP) is 2.53. The zero-order valence-electron chi connectivity index (χ0n) is 9.68. The number of nitrogens with two attached hydrogens (primary N) is 1. The third-order valence-corrected chi connectivity index (χ3v) is 2.70. The lowest BCUT2D eigenvalue weighted by atomic mass is 10.0. The van der Waals surface area contributed by atoms with Crippen molar-refractivity contribution in [3.8, 4) is 22.6 Å². The summed E-state index contributed by atoms with van der Waals surface area (Å²) >= 11 is 0. The van der Waals surface area contributed by atoms with Gasteiger partial charge in [0.1, 0.15) is 0 Å². The van der Waals surface area contributed by atoms with Crippen molar-refractivity contribution in [2.24, 2.45) is 5.73 Å². The molecule has 0 aliphatic carbocycles. The molecule has 0 unspecified atom stereocenters. The minimum atomic E-state index is 0.148. The van der Waals surface area contributed by atoms with Crippen LogP contribution in [0.25, 0.3) is 11.1 Å². The van der Waals surface area contributed by atoms with E-state index in [1.807, 2.05) is 36.4 Å². The molecule has 17 heavy (non-hydrogen) atoms. The Kier molecular flexibility index (Phi) is 3.30. The van der Waals surface area contributed by atoms with Gasteiger partial charge in [-0.3, -0.25) is 0 Å². The normalized spacial score (nSPS) is 10.2. The van der Waals surface area contributed by atoms with Gasteiger partial charge in [0, 0.05) is 6.54 Å². The zero-order valence-corrected chi connectivity index (χ0v) is 9.68. The van der Waals surface area contributed by atoms with Crippen LogP contribution in [0.1, 0.15) is 5.56 Å². The van der Waals surface area contributed by atoms with Gasteiger partial charge in [-0.1, -0.05) is 30.3 Å². The molecule has 0 aromatic heterocycles. The van der Waals surface area contributed by atoms with Gasteiger partial charge in [-0.25, -0.2) is 0 Å². The molecular formula is C14H15NO2. The summed E-state index contributed by atoms with van der Waals surface area (Å²) in [6.07, 6.45) is 0. The Balaban J connectivity index is 2.38. The van der Waals surface area contributed by atoms with Crippen LogP contribution in [-0.4, -0.2) is 12.2 Å². The average molecular weight is 229 g/mol. The molecule has 0 bridgehead atoms. The van der Waals surface area contributed by atoms with Crippen LogP contribution in [0.2, 0.25) is 0 Å². The first-order valence-electron chi connectivity index (χ1n) is 5.41. The summed E-state index contributed by atoms with van der Waals surface area (Å²) in [4.78, 5) is 0. The van der Waals surface area contributed by atoms with Gasteiger partial charge in [0.05, 0.1) is 7.11 Å². The lowest BCUT2D eigenvalue weighted by molar-refractivity contribution is 0.373. The highest BCUT2D eigenvalue weighted by atomic mass is 16.5. The molecule has 0 spiro atoms. The number of hydrogen-bond donors (Lipinski definition) is 2. The van der Waals surface area contributed by atoms with E-state index in [1.165, 1.54) is 7.11 Å². The van der Waals surface area contributed by atoms with Crippen molar-refractivity contribution < 1.29 is 9.84 Å². The molecule has 0 fully saturated rings. The van der Waals surface area contributed by atoms with Gasteiger partial charge in [-0.15, -0.1) is 0 Å². The van der Waals surface area contributed by atoms with Crippen LogP contribution >= 0.6 is 0 Å². The summed E-state index contributed by atoms with van der Waals surface area (Å²) in [7, 11) is 1.54. The van der Waals surface area contributed by atoms with E-state index in [9.17, 15) is 5.11 Å². The number of methoxy groups -OCH3 is 1. The van der Waals surface area contributed by atoms with Gasteiger partial charge < -0.3 is 15.6 Å². The molecule has 2 rings (SSSR count). The second-order valence-electron chi connectivity index (χ2n) is 3.79. The number of hydrogen-bond acceptors (Lipinski definition) is 3. The van der Waals surface area contributed by atoms with Crippen molar-refractivity contribution in [2.45, 2.75) is 6.54 Å². The summed E-state index contributed by atoms with van der Waals surface area (Å²) in [6, 6.07) is 13.3. The molecule has 0 saturated carbocycles. The number of aromatic hydroxyl groups is 1. The van der Waals surface area contributed by atoms with Crippen LogP contribution in [0.4, 0.5) is 0 Å². The fourth-order valence-electron chi connectivity index (χ4n) is 1.69. The van der Waals surface area contributed by atoms with Crippen LogP contribution in [0.3, 0.4) is 0 Å². The van der Waals surface area contributed by atoms with E-state index in [4.69, 9.17) is 10.5 Å². The van der Waals surface area contributed by atoms with Crippen LogP contribution < -0.4 is 10.5 Å². The third kappa shape index (κ3) is 2.40. The van der Waals surface area contributed by atoms with Gasteiger partial charge >= 0.3 is 0 Å². The third-order valence-electron chi connectivity index (χ3n) is 2.70. The lowest BCUT2D eigenvalue weighted by Gasteiger charge is -2.07. The Morgan fingerprint density at radius 1 is 1.06 bits per heavy atom. The zero-order chi connectivity index (χ0) is 12.3. The molecule has 0 amide bonds. The predicted molar refractivity (Wildman–Crippen MR) is 68.0 cm³/mol. The van der Waals surface area contributed by atoms with Gasteiger partial charge in [0.2, 0.25) is 0 Å². The molecule has 2 aromatic carbocycles. The van der Waals surface area contributed by atoms with Crippen molar-refractivity contribution in [1.29, 1.82) is 0 Å². The van der Waals surface area contributed by atoms with Gasteiger partial charge in [-0.05, 0) is 28.8 Å². The summed E-state index contributed by atoms with van der Waals surface area (Å²) in [5, 5.41) is 9.52. The van der Waals surface area contributed by atoms with E-state index in [0.717, 1.165) is 16.7 Å². The average Bonchev–Trinajstić information content (AvgIpc) is 2.39. The molecular weight excluding hydrogens is 214 g/mol. The highest BCUT2D eigenvalue weighted by molar-refractivity contribution is 5.67. The Labute approximate surface area is 100 Å². The van der Waals surface area contributed by atoms with E-state index in [0.29, 0.717) is 12.3 Å². The van der Waals surface area contributed by atoms with E-state index in [-0.39, 0.29) is 5.75 Å². The second-order valence-corrected chi connectivity index (χ2v) is 3.79. The minimum absolute atomic E-state index is 0.148. The van der Waals surface area contributed by atoms with E-state index < -0.39 is 0 Å². The smallest absolute Gasteiger partial charge is 0.161 e. The molecule has 2 aromatic rings. The molecule has 0 saturated heterocycles. The first kappa shape index (κ1) is 11.5. The number of phenolic OH excluding ortho intramolecular Hbond substituents is 1. The fourth-order valence-corrected chi connectivity index (χ4v) is 1.69. The number of ether oxygens (including phenoxy) is 1. The molecule has 3 heteroatoms. The van der Waals surface area contributed by atoms with E-state index in [2.05, 4.69) is 0 Å². The summed E-state index contributed by atoms with van der Waals surface area (Å²) in [5.74, 6) is 0.625. The molecule has 3 N–H and O–H groups in total. The molecule has 88 valence electrons. The Bertz CT molecular complexity index is 506. The first-order valence-corrected chi connectivity index (χ1v) is 5.41. The maximum atomic E-state index is 9.52. The molecule has 0 atom stereocenters. The molecule has 3 nitrogen and oxygen atoms in total. The van der Waals surface area contributed by atoms with E-state index >= 15 is 0 Å². The van der Waals surface area contributed by atoms with Crippen molar-refractivity contribution >= 4 is 0 Å². The maximum absolute atomic E-state index is 9.52. The summed E-state index contributed by atoms with van der Waals surface area (Å²) in [5.41, 5.74) is 8.72. The van der Waals surface area contributed by atoms with Crippen LogP contribution in [0, 0.1) is 0 Å².